The summed E-state index contributed by atoms with van der Waals surface area (Å²) in [4.78, 5) is 15.0. The quantitative estimate of drug-likeness (QED) is 0.493. The van der Waals surface area contributed by atoms with Crippen molar-refractivity contribution in [2.75, 3.05) is 42.1 Å². The number of carbonyl (C=O) groups excluding carboxylic acids is 1. The van der Waals surface area contributed by atoms with Crippen LogP contribution in [0.5, 0.6) is 28.7 Å². The fraction of sp³-hybridized carbons (Fsp3) is 0.346. The van der Waals surface area contributed by atoms with Crippen LogP contribution in [0.25, 0.3) is 0 Å². The van der Waals surface area contributed by atoms with Gasteiger partial charge in [0.25, 0.3) is 5.91 Å². The molecule has 4 rings (SSSR count). The zero-order chi connectivity index (χ0) is 24.2. The number of nitrogens with zero attached hydrogens (tertiary/aromatic N) is 1. The van der Waals surface area contributed by atoms with Crippen molar-refractivity contribution in [2.24, 2.45) is 0 Å². The van der Waals surface area contributed by atoms with Gasteiger partial charge in [-0.1, -0.05) is 0 Å². The Morgan fingerprint density at radius 1 is 0.824 bits per heavy atom. The molecular formula is C26H29NO7. The fourth-order valence-corrected chi connectivity index (χ4v) is 4.23. The minimum atomic E-state index is -0.152. The molecule has 3 aromatic rings. The van der Waals surface area contributed by atoms with Gasteiger partial charge in [0.15, 0.2) is 17.3 Å². The first-order chi connectivity index (χ1) is 16.5. The number of amides is 1. The molecule has 0 atom stereocenters. The molecule has 2 aromatic carbocycles. The average Bonchev–Trinajstić information content (AvgIpc) is 3.35. The van der Waals surface area contributed by atoms with Gasteiger partial charge in [-0.05, 0) is 41.8 Å². The molecule has 0 spiro atoms. The number of hydrogen-bond donors (Lipinski definition) is 0. The molecule has 0 aliphatic carbocycles. The van der Waals surface area contributed by atoms with Crippen molar-refractivity contribution in [3.8, 4) is 28.7 Å². The topological polar surface area (TPSA) is 79.6 Å². The van der Waals surface area contributed by atoms with Crippen LogP contribution in [0.15, 0.2) is 40.8 Å². The molecule has 0 fully saturated rings. The Labute approximate surface area is 198 Å². The van der Waals surface area contributed by atoms with Gasteiger partial charge < -0.3 is 33.0 Å². The highest BCUT2D eigenvalue weighted by molar-refractivity contribution is 5.91. The molecular weight excluding hydrogens is 438 g/mol. The Kier molecular flexibility index (Phi) is 6.86. The summed E-state index contributed by atoms with van der Waals surface area (Å²) in [6.45, 7) is 1.07. The molecule has 0 saturated carbocycles. The van der Waals surface area contributed by atoms with E-state index in [1.165, 1.54) is 0 Å². The fourth-order valence-electron chi connectivity index (χ4n) is 4.23. The van der Waals surface area contributed by atoms with E-state index in [0.717, 1.165) is 23.1 Å². The average molecular weight is 468 g/mol. The van der Waals surface area contributed by atoms with Gasteiger partial charge in [-0.3, -0.25) is 4.79 Å². The normalized spacial score (nSPS) is 12.7. The van der Waals surface area contributed by atoms with E-state index in [9.17, 15) is 4.79 Å². The van der Waals surface area contributed by atoms with Gasteiger partial charge in [0.05, 0.1) is 35.5 Å². The zero-order valence-electron chi connectivity index (χ0n) is 20.1. The third-order valence-corrected chi connectivity index (χ3v) is 6.05. The summed E-state index contributed by atoms with van der Waals surface area (Å²) in [6, 6.07) is 11.0. The van der Waals surface area contributed by atoms with E-state index in [-0.39, 0.29) is 5.91 Å². The Balaban J connectivity index is 1.53. The van der Waals surface area contributed by atoms with Crippen molar-refractivity contribution in [2.45, 2.75) is 19.4 Å². The number of ether oxygens (including phenoxy) is 5. The number of methoxy groups -OCH3 is 5. The summed E-state index contributed by atoms with van der Waals surface area (Å²) in [5, 5.41) is 0. The van der Waals surface area contributed by atoms with Gasteiger partial charge in [-0.25, -0.2) is 0 Å². The van der Waals surface area contributed by atoms with Crippen LogP contribution in [0, 0.1) is 0 Å². The number of carbonyl (C=O) groups is 1. The first-order valence-electron chi connectivity index (χ1n) is 10.9. The van der Waals surface area contributed by atoms with E-state index >= 15 is 0 Å². The predicted octanol–water partition coefficient (Wildman–Crippen LogP) is 4.11. The molecule has 1 aromatic heterocycles. The van der Waals surface area contributed by atoms with E-state index in [4.69, 9.17) is 28.1 Å². The highest BCUT2D eigenvalue weighted by atomic mass is 16.5. The second kappa shape index (κ2) is 9.99. The monoisotopic (exact) mass is 467 g/mol. The van der Waals surface area contributed by atoms with Crippen molar-refractivity contribution < 1.29 is 32.9 Å². The molecule has 34 heavy (non-hydrogen) atoms. The lowest BCUT2D eigenvalue weighted by Crippen LogP contribution is -2.35. The van der Waals surface area contributed by atoms with E-state index in [1.54, 1.807) is 58.6 Å². The SMILES string of the molecule is COc1cc(OC)c(Cc2ccc(C(=O)N3CCc4cc(OC)c(OC)cc4C3)o2)c(OC)c1. The van der Waals surface area contributed by atoms with E-state index < -0.39 is 0 Å². The molecule has 2 heterocycles. The zero-order valence-corrected chi connectivity index (χ0v) is 20.1. The lowest BCUT2D eigenvalue weighted by atomic mass is 9.98. The van der Waals surface area contributed by atoms with Crippen LogP contribution in [0.2, 0.25) is 0 Å². The smallest absolute Gasteiger partial charge is 0.289 e. The second-order valence-electron chi connectivity index (χ2n) is 7.91. The maximum absolute atomic E-state index is 13.2. The minimum Gasteiger partial charge on any atom is -0.496 e. The lowest BCUT2D eigenvalue weighted by molar-refractivity contribution is 0.0700. The summed E-state index contributed by atoms with van der Waals surface area (Å²) < 4.78 is 33.1. The molecule has 0 saturated heterocycles. The van der Waals surface area contributed by atoms with Crippen LogP contribution in [-0.4, -0.2) is 52.9 Å². The van der Waals surface area contributed by atoms with Crippen LogP contribution in [0.3, 0.4) is 0 Å². The third kappa shape index (κ3) is 4.48. The molecule has 8 nitrogen and oxygen atoms in total. The molecule has 0 bridgehead atoms. The Morgan fingerprint density at radius 2 is 1.44 bits per heavy atom. The highest BCUT2D eigenvalue weighted by Gasteiger charge is 2.26. The van der Waals surface area contributed by atoms with Gasteiger partial charge in [-0.15, -0.1) is 0 Å². The van der Waals surface area contributed by atoms with Crippen LogP contribution in [0.4, 0.5) is 0 Å². The van der Waals surface area contributed by atoms with E-state index in [0.29, 0.717) is 59.8 Å². The van der Waals surface area contributed by atoms with Crippen LogP contribution < -0.4 is 23.7 Å². The highest BCUT2D eigenvalue weighted by Crippen LogP contribution is 2.36. The van der Waals surface area contributed by atoms with Crippen LogP contribution in [-0.2, 0) is 19.4 Å². The molecule has 8 heteroatoms. The van der Waals surface area contributed by atoms with Crippen molar-refractivity contribution in [3.05, 3.63) is 64.6 Å². The minimum absolute atomic E-state index is 0.152. The van der Waals surface area contributed by atoms with E-state index in [1.807, 2.05) is 18.2 Å². The van der Waals surface area contributed by atoms with Gasteiger partial charge in [0.1, 0.15) is 23.0 Å². The summed E-state index contributed by atoms with van der Waals surface area (Å²) in [5.41, 5.74) is 3.00. The van der Waals surface area contributed by atoms with E-state index in [2.05, 4.69) is 0 Å². The summed E-state index contributed by atoms with van der Waals surface area (Å²) in [6.07, 6.45) is 1.14. The predicted molar refractivity (Wildman–Crippen MR) is 126 cm³/mol. The number of hydrogen-bond acceptors (Lipinski definition) is 7. The van der Waals surface area contributed by atoms with Crippen molar-refractivity contribution >= 4 is 5.91 Å². The van der Waals surface area contributed by atoms with Crippen molar-refractivity contribution in [1.82, 2.24) is 4.90 Å². The standard InChI is InChI=1S/C26H29NO7/c1-29-19-13-22(30-2)20(23(14-19)31-3)12-18-6-7-21(34-18)26(28)27-9-8-16-10-24(32-4)25(33-5)11-17(16)15-27/h6-7,10-11,13-14H,8-9,12,15H2,1-5H3. The molecule has 1 amide bonds. The van der Waals surface area contributed by atoms with Gasteiger partial charge in [0, 0.05) is 37.2 Å². The Hall–Kier alpha value is -3.81. The number of furan rings is 1. The van der Waals surface area contributed by atoms with Gasteiger partial charge in [0.2, 0.25) is 0 Å². The second-order valence-corrected chi connectivity index (χ2v) is 7.91. The third-order valence-electron chi connectivity index (χ3n) is 6.05. The molecule has 1 aliphatic rings. The first kappa shape index (κ1) is 23.4. The number of fused-ring (bicyclic) bond motifs is 1. The Bertz CT molecular complexity index is 1160. The maximum atomic E-state index is 13.2. The van der Waals surface area contributed by atoms with Gasteiger partial charge in [-0.2, -0.15) is 0 Å². The lowest BCUT2D eigenvalue weighted by Gasteiger charge is -2.29. The summed E-state index contributed by atoms with van der Waals surface area (Å²) in [7, 11) is 7.99. The first-order valence-corrected chi connectivity index (χ1v) is 10.9. The van der Waals surface area contributed by atoms with Crippen molar-refractivity contribution in [3.63, 3.8) is 0 Å². The van der Waals surface area contributed by atoms with Crippen LogP contribution in [0.1, 0.15) is 33.0 Å². The van der Waals surface area contributed by atoms with Crippen molar-refractivity contribution in [1.29, 1.82) is 0 Å². The largest absolute Gasteiger partial charge is 0.496 e. The summed E-state index contributed by atoms with van der Waals surface area (Å²) in [5.74, 6) is 4.00. The Morgan fingerprint density at radius 3 is 2.03 bits per heavy atom. The molecule has 1 aliphatic heterocycles. The molecule has 0 unspecified atom stereocenters. The maximum Gasteiger partial charge on any atom is 0.289 e. The molecule has 0 N–H and O–H groups in total. The number of rotatable bonds is 8. The van der Waals surface area contributed by atoms with Crippen LogP contribution >= 0.6 is 0 Å². The molecule has 0 radical (unpaired) electrons. The summed E-state index contributed by atoms with van der Waals surface area (Å²) >= 11 is 0. The number of benzene rings is 2. The van der Waals surface area contributed by atoms with Gasteiger partial charge >= 0.3 is 0 Å². The molecule has 180 valence electrons.